The molecule has 0 saturated carbocycles. The van der Waals surface area contributed by atoms with Gasteiger partial charge in [0, 0.05) is 20.1 Å². The SMILES string of the molecule is CNc1nc(OCCC(F)(F)F)nc(N2CCOCC2)n1. The summed E-state index contributed by atoms with van der Waals surface area (Å²) in [6, 6.07) is -0.125. The van der Waals surface area contributed by atoms with E-state index in [9.17, 15) is 13.2 Å². The molecular formula is C11H16F3N5O2. The zero-order chi connectivity index (χ0) is 15.3. The fraction of sp³-hybridized carbons (Fsp3) is 0.727. The fourth-order valence-electron chi connectivity index (χ4n) is 1.69. The van der Waals surface area contributed by atoms with Crippen LogP contribution in [0.15, 0.2) is 0 Å². The van der Waals surface area contributed by atoms with Gasteiger partial charge in [0.15, 0.2) is 0 Å². The molecule has 1 N–H and O–H groups in total. The largest absolute Gasteiger partial charge is 0.463 e. The Kier molecular flexibility index (Phi) is 4.99. The molecule has 1 aliphatic heterocycles. The summed E-state index contributed by atoms with van der Waals surface area (Å²) < 4.78 is 46.5. The Morgan fingerprint density at radius 3 is 2.57 bits per heavy atom. The molecule has 1 aromatic rings. The number of anilines is 2. The van der Waals surface area contributed by atoms with Crippen molar-refractivity contribution in [2.45, 2.75) is 12.6 Å². The predicted octanol–water partition coefficient (Wildman–Crippen LogP) is 1.08. The fourth-order valence-corrected chi connectivity index (χ4v) is 1.69. The van der Waals surface area contributed by atoms with E-state index in [0.717, 1.165) is 0 Å². The first-order valence-corrected chi connectivity index (χ1v) is 6.44. The Balaban J connectivity index is 2.06. The number of nitrogens with zero attached hydrogens (tertiary/aromatic N) is 4. The minimum atomic E-state index is -4.27. The first kappa shape index (κ1) is 15.5. The molecule has 0 amide bonds. The van der Waals surface area contributed by atoms with Crippen molar-refractivity contribution in [2.24, 2.45) is 0 Å². The van der Waals surface area contributed by atoms with E-state index >= 15 is 0 Å². The van der Waals surface area contributed by atoms with Gasteiger partial charge < -0.3 is 19.7 Å². The molecule has 0 bridgehead atoms. The predicted molar refractivity (Wildman–Crippen MR) is 68.6 cm³/mol. The van der Waals surface area contributed by atoms with Crippen LogP contribution in [0.3, 0.4) is 0 Å². The molecule has 118 valence electrons. The van der Waals surface area contributed by atoms with Crippen LogP contribution in [0.4, 0.5) is 25.1 Å². The standard InChI is InChI=1S/C11H16F3N5O2/c1-15-8-16-9(19-3-6-20-7-4-19)18-10(17-8)21-5-2-11(12,13)14/h2-7H2,1H3,(H,15,16,17,18). The second kappa shape index (κ2) is 6.74. The summed E-state index contributed by atoms with van der Waals surface area (Å²) in [5, 5.41) is 2.73. The van der Waals surface area contributed by atoms with Gasteiger partial charge in [0.05, 0.1) is 19.6 Å². The second-order valence-electron chi connectivity index (χ2n) is 4.30. The lowest BCUT2D eigenvalue weighted by molar-refractivity contribution is -0.139. The van der Waals surface area contributed by atoms with E-state index in [1.54, 1.807) is 7.05 Å². The van der Waals surface area contributed by atoms with Gasteiger partial charge in [0.25, 0.3) is 0 Å². The third-order valence-corrected chi connectivity index (χ3v) is 2.74. The molecule has 2 heterocycles. The molecule has 2 rings (SSSR count). The number of nitrogens with one attached hydrogen (secondary N) is 1. The minimum absolute atomic E-state index is 0.125. The number of alkyl halides is 3. The van der Waals surface area contributed by atoms with Crippen LogP contribution in [-0.2, 0) is 4.74 Å². The highest BCUT2D eigenvalue weighted by Gasteiger charge is 2.27. The van der Waals surface area contributed by atoms with Gasteiger partial charge in [-0.25, -0.2) is 0 Å². The van der Waals surface area contributed by atoms with Gasteiger partial charge in [-0.05, 0) is 0 Å². The molecule has 10 heteroatoms. The van der Waals surface area contributed by atoms with Gasteiger partial charge >= 0.3 is 12.2 Å². The number of halogens is 3. The van der Waals surface area contributed by atoms with Crippen LogP contribution in [0, 0.1) is 0 Å². The topological polar surface area (TPSA) is 72.4 Å². The molecule has 1 aliphatic rings. The molecule has 0 radical (unpaired) electrons. The van der Waals surface area contributed by atoms with Crippen molar-refractivity contribution in [3.8, 4) is 6.01 Å². The Hall–Kier alpha value is -1.84. The number of hydrogen-bond acceptors (Lipinski definition) is 7. The summed E-state index contributed by atoms with van der Waals surface area (Å²) in [7, 11) is 1.61. The van der Waals surface area contributed by atoms with Crippen LogP contribution in [-0.4, -0.2) is 61.1 Å². The molecule has 1 fully saturated rings. The third kappa shape index (κ3) is 4.88. The van der Waals surface area contributed by atoms with Crippen LogP contribution in [0.5, 0.6) is 6.01 Å². The number of ether oxygens (including phenoxy) is 2. The van der Waals surface area contributed by atoms with Crippen molar-refractivity contribution in [1.82, 2.24) is 15.0 Å². The summed E-state index contributed by atoms with van der Waals surface area (Å²) in [5.74, 6) is 0.605. The van der Waals surface area contributed by atoms with Crippen molar-refractivity contribution < 1.29 is 22.6 Å². The Morgan fingerprint density at radius 2 is 1.95 bits per heavy atom. The van der Waals surface area contributed by atoms with Crippen molar-refractivity contribution in [1.29, 1.82) is 0 Å². The van der Waals surface area contributed by atoms with Crippen molar-refractivity contribution in [3.63, 3.8) is 0 Å². The van der Waals surface area contributed by atoms with Gasteiger partial charge in [-0.3, -0.25) is 0 Å². The molecule has 7 nitrogen and oxygen atoms in total. The summed E-state index contributed by atoms with van der Waals surface area (Å²) in [6.45, 7) is 1.78. The lowest BCUT2D eigenvalue weighted by Gasteiger charge is -2.26. The summed E-state index contributed by atoms with van der Waals surface area (Å²) in [6.07, 6.45) is -5.33. The lowest BCUT2D eigenvalue weighted by Crippen LogP contribution is -2.37. The molecule has 21 heavy (non-hydrogen) atoms. The molecule has 0 aliphatic carbocycles. The first-order chi connectivity index (χ1) is 9.98. The lowest BCUT2D eigenvalue weighted by atomic mass is 10.4. The molecular weight excluding hydrogens is 291 g/mol. The molecule has 0 unspecified atom stereocenters. The average Bonchev–Trinajstić information content (AvgIpc) is 2.46. The minimum Gasteiger partial charge on any atom is -0.463 e. The zero-order valence-corrected chi connectivity index (χ0v) is 11.5. The van der Waals surface area contributed by atoms with E-state index in [0.29, 0.717) is 32.3 Å². The molecule has 0 spiro atoms. The number of hydrogen-bond donors (Lipinski definition) is 1. The van der Waals surface area contributed by atoms with Gasteiger partial charge in [0.1, 0.15) is 6.61 Å². The number of aromatic nitrogens is 3. The molecule has 1 saturated heterocycles. The van der Waals surface area contributed by atoms with E-state index in [2.05, 4.69) is 20.3 Å². The van der Waals surface area contributed by atoms with Crippen LogP contribution in [0.25, 0.3) is 0 Å². The maximum atomic E-state index is 12.1. The van der Waals surface area contributed by atoms with E-state index in [-0.39, 0.29) is 12.0 Å². The normalized spacial score (nSPS) is 15.9. The van der Waals surface area contributed by atoms with Crippen LogP contribution < -0.4 is 15.0 Å². The van der Waals surface area contributed by atoms with E-state index in [1.165, 1.54) is 0 Å². The van der Waals surface area contributed by atoms with Crippen molar-refractivity contribution in [3.05, 3.63) is 0 Å². The molecule has 1 aromatic heterocycles. The van der Waals surface area contributed by atoms with Gasteiger partial charge in [-0.1, -0.05) is 0 Å². The first-order valence-electron chi connectivity index (χ1n) is 6.44. The van der Waals surface area contributed by atoms with Crippen LogP contribution in [0.1, 0.15) is 6.42 Å². The zero-order valence-electron chi connectivity index (χ0n) is 11.5. The second-order valence-corrected chi connectivity index (χ2v) is 4.30. The maximum Gasteiger partial charge on any atom is 0.392 e. The highest BCUT2D eigenvalue weighted by Crippen LogP contribution is 2.20. The number of rotatable bonds is 5. The molecule has 0 atom stereocenters. The summed E-state index contributed by atoms with van der Waals surface area (Å²) >= 11 is 0. The van der Waals surface area contributed by atoms with Crippen molar-refractivity contribution in [2.75, 3.05) is 50.2 Å². The summed E-state index contributed by atoms with van der Waals surface area (Å²) in [4.78, 5) is 14.0. The monoisotopic (exact) mass is 307 g/mol. The highest BCUT2D eigenvalue weighted by atomic mass is 19.4. The van der Waals surface area contributed by atoms with E-state index in [1.807, 2.05) is 4.90 Å². The Morgan fingerprint density at radius 1 is 1.24 bits per heavy atom. The van der Waals surface area contributed by atoms with Crippen LogP contribution >= 0.6 is 0 Å². The van der Waals surface area contributed by atoms with E-state index < -0.39 is 19.2 Å². The van der Waals surface area contributed by atoms with Crippen LogP contribution in [0.2, 0.25) is 0 Å². The van der Waals surface area contributed by atoms with Gasteiger partial charge in [-0.2, -0.15) is 28.1 Å². The number of morpholine rings is 1. The Bertz CT molecular complexity index is 466. The van der Waals surface area contributed by atoms with E-state index in [4.69, 9.17) is 9.47 Å². The van der Waals surface area contributed by atoms with Crippen molar-refractivity contribution >= 4 is 11.9 Å². The smallest absolute Gasteiger partial charge is 0.392 e. The maximum absolute atomic E-state index is 12.1. The highest BCUT2D eigenvalue weighted by molar-refractivity contribution is 5.38. The quantitative estimate of drug-likeness (QED) is 0.872. The van der Waals surface area contributed by atoms with Gasteiger partial charge in [-0.15, -0.1) is 0 Å². The van der Waals surface area contributed by atoms with Gasteiger partial charge in [0.2, 0.25) is 11.9 Å². The summed E-state index contributed by atoms with van der Waals surface area (Å²) in [5.41, 5.74) is 0. The molecule has 0 aromatic carbocycles. The Labute approximate surface area is 119 Å². The third-order valence-electron chi connectivity index (χ3n) is 2.74. The average molecular weight is 307 g/mol.